The Morgan fingerprint density at radius 2 is 1.96 bits per heavy atom. The third kappa shape index (κ3) is 3.94. The van der Waals surface area contributed by atoms with Crippen LogP contribution in [0.2, 0.25) is 0 Å². The van der Waals surface area contributed by atoms with Crippen LogP contribution < -0.4 is 15.8 Å². The molecule has 1 heterocycles. The number of primary amides is 1. The Kier molecular flexibility index (Phi) is 5.55. The first-order valence-electron chi connectivity index (χ1n) is 9.19. The zero-order chi connectivity index (χ0) is 20.4. The van der Waals surface area contributed by atoms with Gasteiger partial charge in [0.2, 0.25) is 11.8 Å². The van der Waals surface area contributed by atoms with Crippen LogP contribution in [0.3, 0.4) is 0 Å². The van der Waals surface area contributed by atoms with Crippen molar-refractivity contribution in [2.24, 2.45) is 17.1 Å². The predicted octanol–water partition coefficient (Wildman–Crippen LogP) is 0.843. The number of hydrogen-bond donors (Lipinski definition) is 3. The Bertz CT molecular complexity index is 941. The first-order valence-corrected chi connectivity index (χ1v) is 10.7. The molecule has 2 aliphatic rings. The van der Waals surface area contributed by atoms with E-state index in [-0.39, 0.29) is 22.8 Å². The highest BCUT2D eigenvalue weighted by Crippen LogP contribution is 2.53. The number of benzene rings is 1. The number of hydrogen-bond acceptors (Lipinski definition) is 5. The van der Waals surface area contributed by atoms with Gasteiger partial charge in [-0.15, -0.1) is 0 Å². The van der Waals surface area contributed by atoms with Crippen LogP contribution in [-0.2, 0) is 19.6 Å². The van der Waals surface area contributed by atoms with E-state index < -0.39 is 33.2 Å². The second kappa shape index (κ2) is 7.75. The standard InChI is InChI=1S/C19H23N3O5S/c20-17(24)19-12-14(19)8-4-2-1-3-5-10-21-16(23)13-7-6-9-15(11-13)28(26,27)22-18(19)25/h4,6-9,11,14H,1-3,5,10,12H2,(H2,20,24)(H,21,23)(H,22,25)/b8-4+/t14-,19-/m1/s1. The minimum atomic E-state index is -4.26. The van der Waals surface area contributed by atoms with E-state index in [0.717, 1.165) is 25.7 Å². The smallest absolute Gasteiger partial charge is 0.264 e. The highest BCUT2D eigenvalue weighted by Gasteiger charge is 2.64. The quantitative estimate of drug-likeness (QED) is 0.470. The molecule has 28 heavy (non-hydrogen) atoms. The average molecular weight is 405 g/mol. The van der Waals surface area contributed by atoms with Gasteiger partial charge < -0.3 is 11.1 Å². The van der Waals surface area contributed by atoms with E-state index in [1.165, 1.54) is 24.3 Å². The normalized spacial score (nSPS) is 28.8. The lowest BCUT2D eigenvalue weighted by Gasteiger charge is -2.14. The van der Waals surface area contributed by atoms with Gasteiger partial charge in [-0.1, -0.05) is 24.6 Å². The number of nitrogens with two attached hydrogens (primary N) is 1. The third-order valence-corrected chi connectivity index (χ3v) is 6.52. The maximum absolute atomic E-state index is 12.6. The fourth-order valence-corrected chi connectivity index (χ4v) is 4.47. The molecule has 8 nitrogen and oxygen atoms in total. The van der Waals surface area contributed by atoms with Crippen LogP contribution in [-0.4, -0.2) is 32.7 Å². The van der Waals surface area contributed by atoms with Crippen molar-refractivity contribution in [1.29, 1.82) is 0 Å². The molecule has 3 rings (SSSR count). The van der Waals surface area contributed by atoms with Crippen molar-refractivity contribution >= 4 is 27.7 Å². The van der Waals surface area contributed by atoms with Crippen molar-refractivity contribution in [2.45, 2.75) is 37.0 Å². The summed E-state index contributed by atoms with van der Waals surface area (Å²) in [6.45, 7) is 0.490. The van der Waals surface area contributed by atoms with Crippen LogP contribution in [0.1, 0.15) is 42.5 Å². The summed E-state index contributed by atoms with van der Waals surface area (Å²) < 4.78 is 27.2. The minimum Gasteiger partial charge on any atom is -0.369 e. The molecule has 1 aromatic carbocycles. The van der Waals surface area contributed by atoms with Crippen LogP contribution >= 0.6 is 0 Å². The van der Waals surface area contributed by atoms with Gasteiger partial charge in [-0.2, -0.15) is 0 Å². The van der Waals surface area contributed by atoms with Crippen molar-refractivity contribution in [3.63, 3.8) is 0 Å². The maximum atomic E-state index is 12.6. The minimum absolute atomic E-state index is 0.176. The summed E-state index contributed by atoms with van der Waals surface area (Å²) in [6, 6.07) is 5.40. The molecule has 150 valence electrons. The van der Waals surface area contributed by atoms with Gasteiger partial charge in [0.25, 0.3) is 15.9 Å². The van der Waals surface area contributed by atoms with Gasteiger partial charge in [0.15, 0.2) is 0 Å². The van der Waals surface area contributed by atoms with E-state index in [0.29, 0.717) is 6.54 Å². The molecular formula is C19H23N3O5S. The lowest BCUT2D eigenvalue weighted by Crippen LogP contribution is -2.44. The second-order valence-corrected chi connectivity index (χ2v) is 8.82. The van der Waals surface area contributed by atoms with E-state index in [1.807, 2.05) is 10.8 Å². The molecular weight excluding hydrogens is 382 g/mol. The van der Waals surface area contributed by atoms with E-state index >= 15 is 0 Å². The monoisotopic (exact) mass is 405 g/mol. The molecule has 0 spiro atoms. The summed E-state index contributed by atoms with van der Waals surface area (Å²) in [5, 5.41) is 2.76. The number of sulfonamides is 1. The summed E-state index contributed by atoms with van der Waals surface area (Å²) in [5.41, 5.74) is 4.05. The Morgan fingerprint density at radius 3 is 2.71 bits per heavy atom. The molecule has 1 saturated carbocycles. The molecule has 1 aliphatic carbocycles. The van der Waals surface area contributed by atoms with Gasteiger partial charge >= 0.3 is 0 Å². The fourth-order valence-electron chi connectivity index (χ4n) is 3.38. The van der Waals surface area contributed by atoms with Crippen LogP contribution in [0.5, 0.6) is 0 Å². The average Bonchev–Trinajstić information content (AvgIpc) is 3.39. The van der Waals surface area contributed by atoms with Crippen molar-refractivity contribution in [2.75, 3.05) is 6.54 Å². The Morgan fingerprint density at radius 1 is 1.18 bits per heavy atom. The molecule has 1 aliphatic heterocycles. The summed E-state index contributed by atoms with van der Waals surface area (Å²) in [4.78, 5) is 36.6. The highest BCUT2D eigenvalue weighted by atomic mass is 32.2. The van der Waals surface area contributed by atoms with E-state index in [4.69, 9.17) is 5.73 Å². The molecule has 3 amide bonds. The second-order valence-electron chi connectivity index (χ2n) is 7.14. The Hall–Kier alpha value is -2.68. The third-order valence-electron chi connectivity index (χ3n) is 5.19. The molecule has 9 heteroatoms. The summed E-state index contributed by atoms with van der Waals surface area (Å²) >= 11 is 0. The summed E-state index contributed by atoms with van der Waals surface area (Å²) in [5.74, 6) is -2.58. The number of carbonyl (C=O) groups excluding carboxylic acids is 3. The van der Waals surface area contributed by atoms with Gasteiger partial charge in [-0.05, 0) is 43.9 Å². The molecule has 0 unspecified atom stereocenters. The molecule has 2 atom stereocenters. The predicted molar refractivity (Wildman–Crippen MR) is 101 cm³/mol. The van der Waals surface area contributed by atoms with E-state index in [1.54, 1.807) is 6.08 Å². The number of fused-ring (bicyclic) bond motifs is 3. The Balaban J connectivity index is 1.93. The van der Waals surface area contributed by atoms with E-state index in [2.05, 4.69) is 5.32 Å². The van der Waals surface area contributed by atoms with Crippen molar-refractivity contribution in [3.05, 3.63) is 42.0 Å². The number of nitrogens with one attached hydrogen (secondary N) is 2. The lowest BCUT2D eigenvalue weighted by molar-refractivity contribution is -0.134. The van der Waals surface area contributed by atoms with Gasteiger partial charge in [0.1, 0.15) is 5.41 Å². The van der Waals surface area contributed by atoms with Crippen LogP contribution in [0.15, 0.2) is 41.3 Å². The zero-order valence-corrected chi connectivity index (χ0v) is 16.1. The first-order chi connectivity index (χ1) is 13.3. The van der Waals surface area contributed by atoms with Gasteiger partial charge in [-0.3, -0.25) is 14.4 Å². The number of allylic oxidation sites excluding steroid dienone is 2. The largest absolute Gasteiger partial charge is 0.369 e. The molecule has 0 radical (unpaired) electrons. The number of amides is 3. The van der Waals surface area contributed by atoms with Gasteiger partial charge in [0.05, 0.1) is 4.90 Å². The van der Waals surface area contributed by atoms with Crippen LogP contribution in [0.25, 0.3) is 0 Å². The van der Waals surface area contributed by atoms with Crippen LogP contribution in [0, 0.1) is 11.3 Å². The van der Waals surface area contributed by atoms with Crippen molar-refractivity contribution < 1.29 is 22.8 Å². The number of rotatable bonds is 1. The molecule has 4 N–H and O–H groups in total. The Labute approximate surface area is 163 Å². The molecule has 1 aromatic rings. The zero-order valence-electron chi connectivity index (χ0n) is 15.3. The fraction of sp³-hybridized carbons (Fsp3) is 0.421. The maximum Gasteiger partial charge on any atom is 0.264 e. The summed E-state index contributed by atoms with van der Waals surface area (Å²) in [6.07, 6.45) is 7.20. The SMILES string of the molecule is NC(=O)[C@@]12C[C@H]1/C=C/CCCCCNC(=O)c1cccc(c1)S(=O)(=O)NC2=O. The first kappa shape index (κ1) is 20.1. The highest BCUT2D eigenvalue weighted by molar-refractivity contribution is 7.90. The molecule has 2 bridgehead atoms. The summed E-state index contributed by atoms with van der Waals surface area (Å²) in [7, 11) is -4.26. The van der Waals surface area contributed by atoms with E-state index in [9.17, 15) is 22.8 Å². The van der Waals surface area contributed by atoms with Gasteiger partial charge in [0, 0.05) is 18.0 Å². The van der Waals surface area contributed by atoms with Crippen molar-refractivity contribution in [3.8, 4) is 0 Å². The topological polar surface area (TPSA) is 135 Å². The molecule has 0 aromatic heterocycles. The van der Waals surface area contributed by atoms with Crippen LogP contribution in [0.4, 0.5) is 0 Å². The van der Waals surface area contributed by atoms with Gasteiger partial charge in [-0.25, -0.2) is 13.1 Å². The molecule has 1 fully saturated rings. The van der Waals surface area contributed by atoms with Crippen molar-refractivity contribution in [1.82, 2.24) is 10.0 Å². The lowest BCUT2D eigenvalue weighted by atomic mass is 10.0. The number of carbonyl (C=O) groups is 3. The molecule has 0 saturated heterocycles.